The maximum Gasteiger partial charge on any atom is 0.331 e. The van der Waals surface area contributed by atoms with E-state index in [-0.39, 0.29) is 24.5 Å². The van der Waals surface area contributed by atoms with Gasteiger partial charge in [-0.2, -0.15) is 0 Å². The number of carbonyl (C=O) groups is 2. The lowest BCUT2D eigenvalue weighted by Gasteiger charge is -2.36. The molecular weight excluding hydrogens is 522 g/mol. The fourth-order valence-electron chi connectivity index (χ4n) is 5.55. The molecule has 2 aromatic rings. The summed E-state index contributed by atoms with van der Waals surface area (Å²) in [6, 6.07) is 13.1. The maximum absolute atomic E-state index is 12.9. The van der Waals surface area contributed by atoms with Gasteiger partial charge in [-0.15, -0.1) is 0 Å². The third-order valence-electron chi connectivity index (χ3n) is 7.61. The lowest BCUT2D eigenvalue weighted by molar-refractivity contribution is -0.145. The summed E-state index contributed by atoms with van der Waals surface area (Å²) in [6.45, 7) is 2.40. The lowest BCUT2D eigenvalue weighted by Crippen LogP contribution is -2.46. The van der Waals surface area contributed by atoms with Crippen molar-refractivity contribution in [3.8, 4) is 11.5 Å². The van der Waals surface area contributed by atoms with Crippen LogP contribution in [0.5, 0.6) is 11.5 Å². The van der Waals surface area contributed by atoms with Gasteiger partial charge in [0.05, 0.1) is 24.5 Å². The number of benzene rings is 2. The molecule has 4 rings (SSSR count). The Hall–Kier alpha value is -3.79. The summed E-state index contributed by atoms with van der Waals surface area (Å²) >= 11 is 0. The molecule has 3 N–H and O–H groups in total. The number of esters is 1. The Bertz CT molecular complexity index is 1230. The van der Waals surface area contributed by atoms with E-state index >= 15 is 0 Å². The monoisotopic (exact) mass is 565 g/mol. The highest BCUT2D eigenvalue weighted by Gasteiger charge is 2.28. The molecular formula is C31H43N5O5. The first-order chi connectivity index (χ1) is 19.7. The molecule has 41 heavy (non-hydrogen) atoms. The van der Waals surface area contributed by atoms with E-state index in [0.29, 0.717) is 49.6 Å². The van der Waals surface area contributed by atoms with Crippen LogP contribution in [0.1, 0.15) is 63.9 Å². The number of fused-ring (bicyclic) bond motifs is 1. The molecule has 0 aromatic heterocycles. The molecule has 2 aliphatic rings. The second kappa shape index (κ2) is 14.2. The van der Waals surface area contributed by atoms with Crippen molar-refractivity contribution in [2.75, 3.05) is 32.1 Å². The summed E-state index contributed by atoms with van der Waals surface area (Å²) in [5.41, 5.74) is 8.55. The summed E-state index contributed by atoms with van der Waals surface area (Å²) < 4.78 is 11.8. The summed E-state index contributed by atoms with van der Waals surface area (Å²) in [7, 11) is 3.78. The lowest BCUT2D eigenvalue weighted by atomic mass is 9.93. The minimum absolute atomic E-state index is 0.00420. The van der Waals surface area contributed by atoms with Gasteiger partial charge in [0, 0.05) is 32.1 Å². The molecule has 1 saturated carbocycles. The van der Waals surface area contributed by atoms with Gasteiger partial charge in [-0.3, -0.25) is 4.79 Å². The van der Waals surface area contributed by atoms with Crippen molar-refractivity contribution >= 4 is 29.2 Å². The van der Waals surface area contributed by atoms with Crippen molar-refractivity contribution in [3.05, 3.63) is 48.0 Å². The number of unbranched alkanes of at least 4 members (excludes halogenated alkanes) is 1. The molecule has 222 valence electrons. The highest BCUT2D eigenvalue weighted by Crippen LogP contribution is 2.34. The zero-order chi connectivity index (χ0) is 29.4. The summed E-state index contributed by atoms with van der Waals surface area (Å²) in [6.07, 6.45) is 6.31. The molecule has 1 fully saturated rings. The quantitative estimate of drug-likeness (QED) is 0.170. The Morgan fingerprint density at radius 2 is 1.80 bits per heavy atom. The highest BCUT2D eigenvalue weighted by molar-refractivity contribution is 5.88. The maximum atomic E-state index is 12.9. The van der Waals surface area contributed by atoms with Crippen molar-refractivity contribution in [1.82, 2.24) is 9.80 Å². The van der Waals surface area contributed by atoms with Crippen LogP contribution in [0.15, 0.2) is 47.5 Å². The Labute approximate surface area is 242 Å². The minimum atomic E-state index is -0.770. The Kier molecular flexibility index (Phi) is 10.5. The number of ether oxygens (including phenoxy) is 2. The average Bonchev–Trinajstić information content (AvgIpc) is 2.94. The van der Waals surface area contributed by atoms with E-state index in [4.69, 9.17) is 15.2 Å². The van der Waals surface area contributed by atoms with Gasteiger partial charge >= 0.3 is 5.97 Å². The molecule has 1 aliphatic carbocycles. The van der Waals surface area contributed by atoms with Crippen molar-refractivity contribution in [3.63, 3.8) is 0 Å². The molecule has 1 amide bonds. The fourth-order valence-corrected chi connectivity index (χ4v) is 5.55. The molecule has 1 heterocycles. The van der Waals surface area contributed by atoms with Crippen molar-refractivity contribution in [1.29, 1.82) is 0 Å². The number of amides is 1. The molecule has 0 spiro atoms. The van der Waals surface area contributed by atoms with Crippen LogP contribution in [-0.2, 0) is 16.1 Å². The number of hydrogen-bond donors (Lipinski definition) is 2. The average molecular weight is 566 g/mol. The first kappa shape index (κ1) is 30.2. The number of rotatable bonds is 12. The number of para-hydroxylation sites is 2. The van der Waals surface area contributed by atoms with Gasteiger partial charge in [0.1, 0.15) is 18.5 Å². The second-order valence-corrected chi connectivity index (χ2v) is 10.9. The van der Waals surface area contributed by atoms with Crippen LogP contribution in [0.4, 0.5) is 11.4 Å². The zero-order valence-corrected chi connectivity index (χ0v) is 24.4. The normalized spacial score (nSPS) is 15.9. The second-order valence-electron chi connectivity index (χ2n) is 10.9. The van der Waals surface area contributed by atoms with Gasteiger partial charge in [-0.05, 0) is 56.9 Å². The van der Waals surface area contributed by atoms with Crippen LogP contribution in [0.2, 0.25) is 0 Å². The first-order valence-electron chi connectivity index (χ1n) is 14.5. The van der Waals surface area contributed by atoms with Crippen molar-refractivity contribution in [2.45, 2.75) is 77.1 Å². The van der Waals surface area contributed by atoms with Crippen LogP contribution in [0, 0.1) is 0 Å². The van der Waals surface area contributed by atoms with E-state index in [1.807, 2.05) is 55.4 Å². The number of aliphatic hydroxyl groups is 1. The van der Waals surface area contributed by atoms with Crippen LogP contribution in [0.25, 0.3) is 0 Å². The number of hydrogen-bond acceptors (Lipinski definition) is 9. The SMILES string of the molecule is CC(O)N(C(=O)CCCCOc1cccc2c1CN(CC(=O)Oc1ccccc1N(C)C)C(N)=N2)C1CCCCC1. The third kappa shape index (κ3) is 7.91. The van der Waals surface area contributed by atoms with Crippen LogP contribution in [0.3, 0.4) is 0 Å². The summed E-state index contributed by atoms with van der Waals surface area (Å²) in [5, 5.41) is 10.2. The zero-order valence-electron chi connectivity index (χ0n) is 24.4. The van der Waals surface area contributed by atoms with Crippen LogP contribution >= 0.6 is 0 Å². The van der Waals surface area contributed by atoms with E-state index in [2.05, 4.69) is 4.99 Å². The standard InChI is InChI=1S/C31H43N5O5/c1-22(37)36(23-12-5-4-6-13-23)29(38)18-9-10-19-40-27-17-11-14-25-24(27)20-35(31(32)33-25)21-30(39)41-28-16-8-7-15-26(28)34(2)3/h7-8,11,14-17,22-23,37H,4-6,9-10,12-13,18-21H2,1-3H3,(H2,32,33). The molecule has 1 unspecified atom stereocenters. The van der Waals surface area contributed by atoms with E-state index < -0.39 is 12.2 Å². The molecule has 10 nitrogen and oxygen atoms in total. The van der Waals surface area contributed by atoms with Crippen LogP contribution in [-0.4, -0.2) is 72.3 Å². The largest absolute Gasteiger partial charge is 0.493 e. The topological polar surface area (TPSA) is 121 Å². The van der Waals surface area contributed by atoms with Gasteiger partial charge < -0.3 is 35.0 Å². The Balaban J connectivity index is 1.30. The predicted octanol–water partition coefficient (Wildman–Crippen LogP) is 4.17. The smallest absolute Gasteiger partial charge is 0.331 e. The number of anilines is 1. The third-order valence-corrected chi connectivity index (χ3v) is 7.61. The number of guanidine groups is 1. The summed E-state index contributed by atoms with van der Waals surface area (Å²) in [5.74, 6) is 0.960. The van der Waals surface area contributed by atoms with E-state index in [9.17, 15) is 14.7 Å². The Morgan fingerprint density at radius 3 is 2.54 bits per heavy atom. The first-order valence-corrected chi connectivity index (χ1v) is 14.5. The molecule has 1 atom stereocenters. The molecule has 2 aromatic carbocycles. The number of aliphatic imine (C=N–C) groups is 1. The number of nitrogens with zero attached hydrogens (tertiary/aromatic N) is 4. The van der Waals surface area contributed by atoms with E-state index in [1.165, 1.54) is 6.42 Å². The van der Waals surface area contributed by atoms with E-state index in [1.54, 1.807) is 22.8 Å². The minimum Gasteiger partial charge on any atom is -0.493 e. The van der Waals surface area contributed by atoms with Gasteiger partial charge in [-0.1, -0.05) is 37.5 Å². The molecule has 0 saturated heterocycles. The van der Waals surface area contributed by atoms with Gasteiger partial charge in [0.25, 0.3) is 0 Å². The van der Waals surface area contributed by atoms with Gasteiger partial charge in [0.15, 0.2) is 11.7 Å². The summed E-state index contributed by atoms with van der Waals surface area (Å²) in [4.78, 5) is 35.4. The van der Waals surface area contributed by atoms with Gasteiger partial charge in [0.2, 0.25) is 5.91 Å². The number of carbonyl (C=O) groups excluding carboxylic acids is 2. The van der Waals surface area contributed by atoms with Gasteiger partial charge in [-0.25, -0.2) is 9.79 Å². The highest BCUT2D eigenvalue weighted by atomic mass is 16.5. The number of nitrogens with two attached hydrogens (primary N) is 1. The molecule has 1 aliphatic heterocycles. The molecule has 10 heteroatoms. The Morgan fingerprint density at radius 1 is 1.07 bits per heavy atom. The molecule has 0 bridgehead atoms. The predicted molar refractivity (Wildman–Crippen MR) is 159 cm³/mol. The van der Waals surface area contributed by atoms with Crippen LogP contribution < -0.4 is 20.1 Å². The fraction of sp³-hybridized carbons (Fsp3) is 0.516. The number of aliphatic hydroxyl groups excluding tert-OH is 1. The molecule has 0 radical (unpaired) electrons. The van der Waals surface area contributed by atoms with Crippen molar-refractivity contribution in [2.24, 2.45) is 10.7 Å². The van der Waals surface area contributed by atoms with E-state index in [0.717, 1.165) is 36.9 Å². The van der Waals surface area contributed by atoms with Crippen molar-refractivity contribution < 1.29 is 24.2 Å².